The fourth-order valence-electron chi connectivity index (χ4n) is 2.92. The number of ether oxygens (including phenoxy) is 3. The summed E-state index contributed by atoms with van der Waals surface area (Å²) in [6, 6.07) is 12.4. The summed E-state index contributed by atoms with van der Waals surface area (Å²) >= 11 is 1.57. The third kappa shape index (κ3) is 3.63. The Morgan fingerprint density at radius 2 is 1.96 bits per heavy atom. The van der Waals surface area contributed by atoms with Gasteiger partial charge in [0.15, 0.2) is 18.1 Å². The molecular formula is C20H17NO6S. The maximum atomic E-state index is 12.5. The summed E-state index contributed by atoms with van der Waals surface area (Å²) in [5.74, 6) is 0.779. The van der Waals surface area contributed by atoms with E-state index in [0.717, 1.165) is 10.9 Å². The lowest BCUT2D eigenvalue weighted by atomic mass is 10.1. The average Bonchev–Trinajstić information content (AvgIpc) is 3.31. The van der Waals surface area contributed by atoms with Crippen LogP contribution in [-0.4, -0.2) is 31.5 Å². The van der Waals surface area contributed by atoms with Gasteiger partial charge < -0.3 is 23.9 Å². The van der Waals surface area contributed by atoms with Crippen LogP contribution in [0.4, 0.5) is 5.69 Å². The van der Waals surface area contributed by atoms with E-state index in [1.54, 1.807) is 36.0 Å². The van der Waals surface area contributed by atoms with Crippen molar-refractivity contribution in [3.63, 3.8) is 0 Å². The van der Waals surface area contributed by atoms with Gasteiger partial charge in [0.1, 0.15) is 5.58 Å². The Bertz CT molecular complexity index is 1040. The van der Waals surface area contributed by atoms with Crippen LogP contribution < -0.4 is 14.8 Å². The van der Waals surface area contributed by atoms with E-state index in [1.165, 1.54) is 0 Å². The van der Waals surface area contributed by atoms with Crippen molar-refractivity contribution in [2.45, 2.75) is 5.75 Å². The highest BCUT2D eigenvalue weighted by molar-refractivity contribution is 7.97. The molecule has 1 aliphatic heterocycles. The molecule has 0 fully saturated rings. The third-order valence-corrected chi connectivity index (χ3v) is 4.74. The second-order valence-electron chi connectivity index (χ2n) is 6.03. The molecule has 0 saturated carbocycles. The number of carbonyl (C=O) groups excluding carboxylic acids is 2. The molecule has 1 aliphatic rings. The predicted octanol–water partition coefficient (Wildman–Crippen LogP) is 3.82. The van der Waals surface area contributed by atoms with E-state index in [1.807, 2.05) is 24.5 Å². The highest BCUT2D eigenvalue weighted by Gasteiger charge is 2.22. The number of nitrogens with one attached hydrogen (secondary N) is 1. The van der Waals surface area contributed by atoms with Crippen LogP contribution >= 0.6 is 11.8 Å². The highest BCUT2D eigenvalue weighted by atomic mass is 32.2. The molecule has 2 aromatic carbocycles. The second kappa shape index (κ2) is 7.85. The van der Waals surface area contributed by atoms with E-state index in [4.69, 9.17) is 18.6 Å². The number of para-hydroxylation sites is 1. The van der Waals surface area contributed by atoms with Gasteiger partial charge in [-0.2, -0.15) is 11.8 Å². The van der Waals surface area contributed by atoms with Crippen molar-refractivity contribution in [3.05, 3.63) is 53.8 Å². The summed E-state index contributed by atoms with van der Waals surface area (Å²) in [5, 5.41) is 3.53. The lowest BCUT2D eigenvalue weighted by Gasteiger charge is -2.07. The molecule has 0 aliphatic carbocycles. The Kier molecular flexibility index (Phi) is 5.12. The maximum absolute atomic E-state index is 12.5. The van der Waals surface area contributed by atoms with Crippen LogP contribution in [0.25, 0.3) is 11.0 Å². The number of amides is 1. The van der Waals surface area contributed by atoms with E-state index in [0.29, 0.717) is 28.5 Å². The number of rotatable bonds is 6. The summed E-state index contributed by atoms with van der Waals surface area (Å²) in [7, 11) is 0. The van der Waals surface area contributed by atoms with Crippen LogP contribution in [0.3, 0.4) is 0 Å². The van der Waals surface area contributed by atoms with E-state index < -0.39 is 18.5 Å². The molecule has 1 amide bonds. The number of fused-ring (bicyclic) bond motifs is 2. The predicted molar refractivity (Wildman–Crippen MR) is 105 cm³/mol. The molecule has 0 bridgehead atoms. The number of carbonyl (C=O) groups is 2. The second-order valence-corrected chi connectivity index (χ2v) is 6.90. The highest BCUT2D eigenvalue weighted by Crippen LogP contribution is 2.34. The van der Waals surface area contributed by atoms with Crippen LogP contribution in [0, 0.1) is 0 Å². The molecule has 7 nitrogen and oxygen atoms in total. The number of benzene rings is 2. The van der Waals surface area contributed by atoms with E-state index in [9.17, 15) is 9.59 Å². The molecule has 4 rings (SSSR count). The molecule has 144 valence electrons. The van der Waals surface area contributed by atoms with Crippen LogP contribution in [0.1, 0.15) is 16.1 Å². The lowest BCUT2D eigenvalue weighted by molar-refractivity contribution is -0.119. The van der Waals surface area contributed by atoms with E-state index in [2.05, 4.69) is 5.32 Å². The zero-order valence-electron chi connectivity index (χ0n) is 15.0. The number of furan rings is 1. The minimum absolute atomic E-state index is 0.131. The average molecular weight is 399 g/mol. The molecule has 8 heteroatoms. The third-order valence-electron chi connectivity index (χ3n) is 4.16. The number of thioether (sulfide) groups is 1. The molecule has 0 unspecified atom stereocenters. The molecule has 1 N–H and O–H groups in total. The Morgan fingerprint density at radius 3 is 2.82 bits per heavy atom. The van der Waals surface area contributed by atoms with Gasteiger partial charge in [-0.25, -0.2) is 4.79 Å². The Labute approximate surface area is 164 Å². The molecule has 0 spiro atoms. The van der Waals surface area contributed by atoms with Crippen LogP contribution in [-0.2, 0) is 15.3 Å². The quantitative estimate of drug-likeness (QED) is 0.631. The monoisotopic (exact) mass is 399 g/mol. The van der Waals surface area contributed by atoms with E-state index in [-0.39, 0.29) is 12.6 Å². The summed E-state index contributed by atoms with van der Waals surface area (Å²) < 4.78 is 21.3. The summed E-state index contributed by atoms with van der Waals surface area (Å²) in [6.45, 7) is -0.275. The SMILES string of the molecule is CSCc1c(C(=O)OCC(=O)Nc2ccc3c(c2)OCO3)oc2ccccc12. The molecule has 0 atom stereocenters. The first-order valence-corrected chi connectivity index (χ1v) is 9.91. The smallest absolute Gasteiger partial charge is 0.375 e. The lowest BCUT2D eigenvalue weighted by Crippen LogP contribution is -2.21. The van der Waals surface area contributed by atoms with Gasteiger partial charge in [0, 0.05) is 28.5 Å². The zero-order chi connectivity index (χ0) is 19.5. The zero-order valence-corrected chi connectivity index (χ0v) is 15.8. The maximum Gasteiger partial charge on any atom is 0.375 e. The summed E-state index contributed by atoms with van der Waals surface area (Å²) in [5.41, 5.74) is 1.91. The van der Waals surface area contributed by atoms with Crippen molar-refractivity contribution in [3.8, 4) is 11.5 Å². The van der Waals surface area contributed by atoms with Crippen LogP contribution in [0.2, 0.25) is 0 Å². The number of esters is 1. The van der Waals surface area contributed by atoms with Crippen molar-refractivity contribution in [1.82, 2.24) is 0 Å². The topological polar surface area (TPSA) is 87.0 Å². The fraction of sp³-hybridized carbons (Fsp3) is 0.200. The minimum atomic E-state index is -0.666. The first-order valence-electron chi connectivity index (χ1n) is 8.51. The molecule has 0 radical (unpaired) electrons. The molecular weight excluding hydrogens is 382 g/mol. The summed E-state index contributed by atoms with van der Waals surface area (Å²) in [4.78, 5) is 24.6. The van der Waals surface area contributed by atoms with Crippen molar-refractivity contribution in [1.29, 1.82) is 0 Å². The Morgan fingerprint density at radius 1 is 1.14 bits per heavy atom. The van der Waals surface area contributed by atoms with Gasteiger partial charge in [0.05, 0.1) is 0 Å². The standard InChI is InChI=1S/C20H17NO6S/c1-28-10-14-13-4-2-3-5-15(13)27-19(14)20(23)24-9-18(22)21-12-6-7-16-17(8-12)26-11-25-16/h2-8H,9-11H2,1H3,(H,21,22). The van der Waals surface area contributed by atoms with Crippen LogP contribution in [0.5, 0.6) is 11.5 Å². The Balaban J connectivity index is 1.42. The van der Waals surface area contributed by atoms with Gasteiger partial charge in [-0.1, -0.05) is 18.2 Å². The van der Waals surface area contributed by atoms with Crippen molar-refractivity contribution < 1.29 is 28.2 Å². The van der Waals surface area contributed by atoms with Gasteiger partial charge in [-0.05, 0) is 24.5 Å². The largest absolute Gasteiger partial charge is 0.454 e. The first kappa shape index (κ1) is 18.2. The van der Waals surface area contributed by atoms with E-state index >= 15 is 0 Å². The number of hydrogen-bond donors (Lipinski definition) is 1. The van der Waals surface area contributed by atoms with Crippen molar-refractivity contribution in [2.75, 3.05) is 25.0 Å². The van der Waals surface area contributed by atoms with Gasteiger partial charge in [0.25, 0.3) is 5.91 Å². The fourth-order valence-corrected chi connectivity index (χ4v) is 3.49. The number of hydrogen-bond acceptors (Lipinski definition) is 7. The van der Waals surface area contributed by atoms with Crippen molar-refractivity contribution >= 4 is 40.3 Å². The van der Waals surface area contributed by atoms with Crippen molar-refractivity contribution in [2.24, 2.45) is 0 Å². The Hall–Kier alpha value is -3.13. The van der Waals surface area contributed by atoms with Crippen LogP contribution in [0.15, 0.2) is 46.9 Å². The van der Waals surface area contributed by atoms with Gasteiger partial charge in [-0.15, -0.1) is 0 Å². The summed E-state index contributed by atoms with van der Waals surface area (Å²) in [6.07, 6.45) is 1.94. The molecule has 2 heterocycles. The number of anilines is 1. The van der Waals surface area contributed by atoms with Gasteiger partial charge in [-0.3, -0.25) is 4.79 Å². The first-order chi connectivity index (χ1) is 13.7. The molecule has 1 aromatic heterocycles. The minimum Gasteiger partial charge on any atom is -0.454 e. The van der Waals surface area contributed by atoms with Gasteiger partial charge in [0.2, 0.25) is 12.6 Å². The normalized spacial score (nSPS) is 12.2. The molecule has 3 aromatic rings. The molecule has 0 saturated heterocycles. The van der Waals surface area contributed by atoms with Gasteiger partial charge >= 0.3 is 5.97 Å². The molecule has 28 heavy (non-hydrogen) atoms.